The molecular formula is C13H26N2O3S. The predicted octanol–water partition coefficient (Wildman–Crippen LogP) is 1.35. The molecule has 1 heterocycles. The van der Waals surface area contributed by atoms with Gasteiger partial charge in [0.15, 0.2) is 0 Å². The molecule has 19 heavy (non-hydrogen) atoms. The minimum Gasteiger partial charge on any atom is -0.356 e. The maximum absolute atomic E-state index is 12.0. The van der Waals surface area contributed by atoms with Crippen molar-refractivity contribution < 1.29 is 13.2 Å². The van der Waals surface area contributed by atoms with Crippen LogP contribution in [0.1, 0.15) is 46.0 Å². The zero-order chi connectivity index (χ0) is 14.3. The standard InChI is InChI=1S/C13H26N2O3S/c1-3-5-8-14-13(16)12-7-6-9-15(11-12)19(17,18)10-4-2/h12H,3-11H2,1-2H3,(H,14,16)/t12-/m1/s1. The third kappa shape index (κ3) is 5.10. The number of sulfonamides is 1. The van der Waals surface area contributed by atoms with Crippen LogP contribution >= 0.6 is 0 Å². The molecule has 0 saturated carbocycles. The van der Waals surface area contributed by atoms with Gasteiger partial charge in [-0.05, 0) is 25.7 Å². The van der Waals surface area contributed by atoms with Gasteiger partial charge in [-0.15, -0.1) is 0 Å². The van der Waals surface area contributed by atoms with Crippen LogP contribution in [0.5, 0.6) is 0 Å². The van der Waals surface area contributed by atoms with E-state index in [4.69, 9.17) is 0 Å². The number of hydrogen-bond donors (Lipinski definition) is 1. The fraction of sp³-hybridized carbons (Fsp3) is 0.923. The average Bonchev–Trinajstić information content (AvgIpc) is 2.39. The summed E-state index contributed by atoms with van der Waals surface area (Å²) in [7, 11) is -3.17. The molecule has 0 aromatic carbocycles. The molecule has 0 unspecified atom stereocenters. The van der Waals surface area contributed by atoms with Crippen molar-refractivity contribution in [3.8, 4) is 0 Å². The second kappa shape index (κ2) is 7.85. The normalized spacial score (nSPS) is 21.3. The van der Waals surface area contributed by atoms with Crippen LogP contribution in [0, 0.1) is 5.92 Å². The Kier molecular flexibility index (Phi) is 6.79. The maximum Gasteiger partial charge on any atom is 0.224 e. The van der Waals surface area contributed by atoms with Gasteiger partial charge >= 0.3 is 0 Å². The Morgan fingerprint density at radius 3 is 2.68 bits per heavy atom. The van der Waals surface area contributed by atoms with Gasteiger partial charge in [-0.1, -0.05) is 20.3 Å². The van der Waals surface area contributed by atoms with Crippen LogP contribution in [0.2, 0.25) is 0 Å². The number of unbranched alkanes of at least 4 members (excludes halogenated alkanes) is 1. The second-order valence-electron chi connectivity index (χ2n) is 5.16. The summed E-state index contributed by atoms with van der Waals surface area (Å²) in [6, 6.07) is 0. The summed E-state index contributed by atoms with van der Waals surface area (Å²) in [4.78, 5) is 12.0. The molecule has 6 heteroatoms. The van der Waals surface area contributed by atoms with E-state index in [2.05, 4.69) is 12.2 Å². The first-order valence-electron chi connectivity index (χ1n) is 7.26. The molecule has 0 spiro atoms. The first-order chi connectivity index (χ1) is 9.01. The van der Waals surface area contributed by atoms with Gasteiger partial charge in [0.05, 0.1) is 11.7 Å². The van der Waals surface area contributed by atoms with Gasteiger partial charge in [-0.25, -0.2) is 12.7 Å². The van der Waals surface area contributed by atoms with Crippen molar-refractivity contribution >= 4 is 15.9 Å². The third-order valence-electron chi connectivity index (χ3n) is 3.44. The van der Waals surface area contributed by atoms with Gasteiger partial charge in [0.25, 0.3) is 0 Å². The molecule has 1 N–H and O–H groups in total. The van der Waals surface area contributed by atoms with Gasteiger partial charge in [0, 0.05) is 19.6 Å². The van der Waals surface area contributed by atoms with Crippen LogP contribution in [0.4, 0.5) is 0 Å². The average molecular weight is 290 g/mol. The van der Waals surface area contributed by atoms with Crippen LogP contribution in [-0.4, -0.2) is 44.0 Å². The summed E-state index contributed by atoms with van der Waals surface area (Å²) in [5.41, 5.74) is 0. The van der Waals surface area contributed by atoms with Crippen molar-refractivity contribution in [1.29, 1.82) is 0 Å². The van der Waals surface area contributed by atoms with Gasteiger partial charge in [-0.3, -0.25) is 4.79 Å². The Bertz CT molecular complexity index is 381. The van der Waals surface area contributed by atoms with Gasteiger partial charge in [0.1, 0.15) is 0 Å². The topological polar surface area (TPSA) is 66.5 Å². The Morgan fingerprint density at radius 2 is 2.05 bits per heavy atom. The number of nitrogens with zero attached hydrogens (tertiary/aromatic N) is 1. The van der Waals surface area contributed by atoms with E-state index in [0.29, 0.717) is 26.1 Å². The SMILES string of the molecule is CCCCNC(=O)[C@@H]1CCCN(S(=O)(=O)CCC)C1. The molecule has 1 saturated heterocycles. The Labute approximate surface area is 116 Å². The summed E-state index contributed by atoms with van der Waals surface area (Å²) < 4.78 is 25.5. The smallest absolute Gasteiger partial charge is 0.224 e. The summed E-state index contributed by atoms with van der Waals surface area (Å²) in [6.45, 7) is 5.52. The van der Waals surface area contributed by atoms with Crippen LogP contribution < -0.4 is 5.32 Å². The molecule has 0 aromatic rings. The lowest BCUT2D eigenvalue weighted by atomic mass is 9.99. The lowest BCUT2D eigenvalue weighted by Gasteiger charge is -2.31. The van der Waals surface area contributed by atoms with Crippen LogP contribution in [-0.2, 0) is 14.8 Å². The van der Waals surface area contributed by atoms with E-state index in [9.17, 15) is 13.2 Å². The highest BCUT2D eigenvalue weighted by atomic mass is 32.2. The van der Waals surface area contributed by atoms with Crippen LogP contribution in [0.15, 0.2) is 0 Å². The van der Waals surface area contributed by atoms with Crippen molar-refractivity contribution in [3.63, 3.8) is 0 Å². The molecule has 1 amide bonds. The summed E-state index contributed by atoms with van der Waals surface area (Å²) in [5, 5.41) is 2.90. The van der Waals surface area contributed by atoms with E-state index in [0.717, 1.165) is 25.7 Å². The highest BCUT2D eigenvalue weighted by Crippen LogP contribution is 2.20. The molecule has 0 radical (unpaired) electrons. The van der Waals surface area contributed by atoms with Crippen molar-refractivity contribution in [2.24, 2.45) is 5.92 Å². The van der Waals surface area contributed by atoms with E-state index >= 15 is 0 Å². The summed E-state index contributed by atoms with van der Waals surface area (Å²) in [6.07, 6.45) is 4.19. The fourth-order valence-electron chi connectivity index (χ4n) is 2.33. The first kappa shape index (κ1) is 16.4. The minimum atomic E-state index is -3.17. The second-order valence-corrected chi connectivity index (χ2v) is 7.25. The molecule has 1 rings (SSSR count). The number of amides is 1. The third-order valence-corrected chi connectivity index (χ3v) is 5.48. The van der Waals surface area contributed by atoms with Gasteiger partial charge in [-0.2, -0.15) is 0 Å². The maximum atomic E-state index is 12.0. The fourth-order valence-corrected chi connectivity index (χ4v) is 3.92. The zero-order valence-electron chi connectivity index (χ0n) is 12.0. The van der Waals surface area contributed by atoms with E-state index in [1.807, 2.05) is 6.92 Å². The highest BCUT2D eigenvalue weighted by molar-refractivity contribution is 7.89. The molecule has 0 aromatic heterocycles. The number of carbonyl (C=O) groups excluding carboxylic acids is 1. The van der Waals surface area contributed by atoms with Gasteiger partial charge in [0.2, 0.25) is 15.9 Å². The largest absolute Gasteiger partial charge is 0.356 e. The number of rotatable bonds is 7. The van der Waals surface area contributed by atoms with Crippen LogP contribution in [0.25, 0.3) is 0 Å². The number of piperidine rings is 1. The number of carbonyl (C=O) groups is 1. The zero-order valence-corrected chi connectivity index (χ0v) is 12.8. The Hall–Kier alpha value is -0.620. The monoisotopic (exact) mass is 290 g/mol. The van der Waals surface area contributed by atoms with Crippen molar-refractivity contribution in [2.45, 2.75) is 46.0 Å². The molecule has 5 nitrogen and oxygen atoms in total. The lowest BCUT2D eigenvalue weighted by molar-refractivity contribution is -0.126. The molecule has 112 valence electrons. The molecule has 0 aliphatic carbocycles. The van der Waals surface area contributed by atoms with E-state index in [1.165, 1.54) is 4.31 Å². The predicted molar refractivity (Wildman–Crippen MR) is 76.3 cm³/mol. The van der Waals surface area contributed by atoms with E-state index in [-0.39, 0.29) is 17.6 Å². The highest BCUT2D eigenvalue weighted by Gasteiger charge is 2.31. The molecule has 1 fully saturated rings. The Morgan fingerprint density at radius 1 is 1.32 bits per heavy atom. The first-order valence-corrected chi connectivity index (χ1v) is 8.87. The molecule has 1 aliphatic heterocycles. The van der Waals surface area contributed by atoms with E-state index in [1.54, 1.807) is 0 Å². The van der Waals surface area contributed by atoms with Crippen molar-refractivity contribution in [1.82, 2.24) is 9.62 Å². The van der Waals surface area contributed by atoms with E-state index < -0.39 is 10.0 Å². The molecule has 0 bridgehead atoms. The molecular weight excluding hydrogens is 264 g/mol. The summed E-state index contributed by atoms with van der Waals surface area (Å²) in [5.74, 6) is -0.000873. The lowest BCUT2D eigenvalue weighted by Crippen LogP contribution is -2.46. The number of hydrogen-bond acceptors (Lipinski definition) is 3. The summed E-state index contributed by atoms with van der Waals surface area (Å²) >= 11 is 0. The van der Waals surface area contributed by atoms with Crippen LogP contribution in [0.3, 0.4) is 0 Å². The molecule has 1 aliphatic rings. The molecule has 1 atom stereocenters. The quantitative estimate of drug-likeness (QED) is 0.720. The van der Waals surface area contributed by atoms with Crippen molar-refractivity contribution in [3.05, 3.63) is 0 Å². The number of nitrogens with one attached hydrogen (secondary N) is 1. The van der Waals surface area contributed by atoms with Gasteiger partial charge < -0.3 is 5.32 Å². The Balaban J connectivity index is 2.52. The van der Waals surface area contributed by atoms with Crippen molar-refractivity contribution in [2.75, 3.05) is 25.4 Å². The minimum absolute atomic E-state index is 0.00449.